The van der Waals surface area contributed by atoms with Gasteiger partial charge in [0.2, 0.25) is 0 Å². The minimum absolute atomic E-state index is 0.122. The topological polar surface area (TPSA) is 72.5 Å². The van der Waals surface area contributed by atoms with Crippen LogP contribution < -0.4 is 20.1 Å². The zero-order chi connectivity index (χ0) is 19.9. The maximum absolute atomic E-state index is 12.1. The van der Waals surface area contributed by atoms with Gasteiger partial charge in [0.05, 0.1) is 19.0 Å². The molecule has 0 aliphatic heterocycles. The fraction of sp³-hybridized carbons (Fsp3) is 0.182. The number of aryl methyl sites for hydroxylation is 2. The van der Waals surface area contributed by atoms with Crippen molar-refractivity contribution in [3.63, 3.8) is 0 Å². The summed E-state index contributed by atoms with van der Waals surface area (Å²) in [6.07, 6.45) is 1.61. The smallest absolute Gasteiger partial charge is 0.262 e. The molecule has 3 aromatic rings. The van der Waals surface area contributed by atoms with Crippen molar-refractivity contribution in [1.29, 1.82) is 0 Å². The number of methoxy groups -OCH3 is 1. The van der Waals surface area contributed by atoms with E-state index >= 15 is 0 Å². The van der Waals surface area contributed by atoms with Crippen LogP contribution in [-0.2, 0) is 4.79 Å². The predicted octanol–water partition coefficient (Wildman–Crippen LogP) is 4.47. The van der Waals surface area contributed by atoms with Gasteiger partial charge in [-0.25, -0.2) is 4.98 Å². The molecule has 3 rings (SSSR count). The van der Waals surface area contributed by atoms with Gasteiger partial charge >= 0.3 is 0 Å². The molecule has 2 N–H and O–H groups in total. The highest BCUT2D eigenvalue weighted by Gasteiger charge is 2.08. The van der Waals surface area contributed by atoms with Crippen LogP contribution in [0.1, 0.15) is 11.1 Å². The van der Waals surface area contributed by atoms with E-state index in [2.05, 4.69) is 33.8 Å². The fourth-order valence-corrected chi connectivity index (χ4v) is 2.63. The minimum Gasteiger partial charge on any atom is -0.493 e. The average Bonchev–Trinajstić information content (AvgIpc) is 2.71. The van der Waals surface area contributed by atoms with E-state index in [1.807, 2.05) is 32.0 Å². The number of carbonyl (C=O) groups is 1. The molecule has 1 amide bonds. The Morgan fingerprint density at radius 3 is 2.54 bits per heavy atom. The first-order chi connectivity index (χ1) is 13.5. The van der Waals surface area contributed by atoms with Gasteiger partial charge in [-0.3, -0.25) is 4.79 Å². The molecule has 1 heterocycles. The first-order valence-corrected chi connectivity index (χ1v) is 8.91. The Bertz CT molecular complexity index is 955. The number of ether oxygens (including phenoxy) is 2. The first-order valence-electron chi connectivity index (χ1n) is 8.91. The molecule has 0 atom stereocenters. The summed E-state index contributed by atoms with van der Waals surface area (Å²) in [5.74, 6) is 1.53. The molecular weight excluding hydrogens is 354 g/mol. The summed E-state index contributed by atoms with van der Waals surface area (Å²) in [5, 5.41) is 6.06. The number of anilines is 3. The van der Waals surface area contributed by atoms with Crippen molar-refractivity contribution >= 4 is 23.1 Å². The molecule has 28 heavy (non-hydrogen) atoms. The van der Waals surface area contributed by atoms with Gasteiger partial charge < -0.3 is 20.1 Å². The second-order valence-corrected chi connectivity index (χ2v) is 6.36. The summed E-state index contributed by atoms with van der Waals surface area (Å²) in [5.41, 5.74) is 3.92. The Morgan fingerprint density at radius 1 is 1.04 bits per heavy atom. The van der Waals surface area contributed by atoms with Crippen LogP contribution in [0.2, 0.25) is 0 Å². The van der Waals surface area contributed by atoms with E-state index in [0.29, 0.717) is 23.0 Å². The standard InChI is InChI=1S/C22H23N3O3/c1-15-8-9-16(2)18(12-15)25-21-11-10-17(13-23-21)24-22(26)14-28-20-7-5-4-6-19(20)27-3/h4-13H,14H2,1-3H3,(H,23,25)(H,24,26). The van der Waals surface area contributed by atoms with Gasteiger partial charge in [0.1, 0.15) is 5.82 Å². The fourth-order valence-electron chi connectivity index (χ4n) is 2.63. The van der Waals surface area contributed by atoms with Crippen molar-refractivity contribution in [2.24, 2.45) is 0 Å². The van der Waals surface area contributed by atoms with Crippen molar-refractivity contribution in [3.8, 4) is 11.5 Å². The SMILES string of the molecule is COc1ccccc1OCC(=O)Nc1ccc(Nc2cc(C)ccc2C)nc1. The van der Waals surface area contributed by atoms with Crippen molar-refractivity contribution in [2.75, 3.05) is 24.4 Å². The van der Waals surface area contributed by atoms with E-state index < -0.39 is 0 Å². The maximum atomic E-state index is 12.1. The van der Waals surface area contributed by atoms with E-state index in [1.165, 1.54) is 5.56 Å². The van der Waals surface area contributed by atoms with Gasteiger partial charge in [-0.15, -0.1) is 0 Å². The largest absolute Gasteiger partial charge is 0.493 e. The van der Waals surface area contributed by atoms with Crippen LogP contribution in [0.25, 0.3) is 0 Å². The normalized spacial score (nSPS) is 10.2. The number of para-hydroxylation sites is 2. The van der Waals surface area contributed by atoms with Gasteiger partial charge in [-0.1, -0.05) is 24.3 Å². The van der Waals surface area contributed by atoms with E-state index in [-0.39, 0.29) is 12.5 Å². The molecule has 0 aliphatic carbocycles. The second kappa shape index (κ2) is 8.90. The van der Waals surface area contributed by atoms with Crippen LogP contribution >= 0.6 is 0 Å². The molecule has 0 saturated carbocycles. The summed E-state index contributed by atoms with van der Waals surface area (Å²) in [6.45, 7) is 3.96. The monoisotopic (exact) mass is 377 g/mol. The molecule has 144 valence electrons. The number of carbonyl (C=O) groups excluding carboxylic acids is 1. The Morgan fingerprint density at radius 2 is 1.82 bits per heavy atom. The third-order valence-corrected chi connectivity index (χ3v) is 4.13. The summed E-state index contributed by atoms with van der Waals surface area (Å²) < 4.78 is 10.7. The summed E-state index contributed by atoms with van der Waals surface area (Å²) in [7, 11) is 1.56. The molecule has 6 nitrogen and oxygen atoms in total. The summed E-state index contributed by atoms with van der Waals surface area (Å²) in [4.78, 5) is 16.5. The Balaban J connectivity index is 1.56. The third kappa shape index (κ3) is 5.01. The molecule has 0 unspecified atom stereocenters. The highest BCUT2D eigenvalue weighted by Crippen LogP contribution is 2.25. The Labute approximate surface area is 164 Å². The van der Waals surface area contributed by atoms with Crippen molar-refractivity contribution in [2.45, 2.75) is 13.8 Å². The lowest BCUT2D eigenvalue weighted by molar-refractivity contribution is -0.118. The molecule has 0 bridgehead atoms. The average molecular weight is 377 g/mol. The van der Waals surface area contributed by atoms with Gasteiger partial charge in [0.25, 0.3) is 5.91 Å². The summed E-state index contributed by atoms with van der Waals surface area (Å²) in [6, 6.07) is 17.0. The number of nitrogens with one attached hydrogen (secondary N) is 2. The van der Waals surface area contributed by atoms with Crippen molar-refractivity contribution in [3.05, 3.63) is 71.9 Å². The third-order valence-electron chi connectivity index (χ3n) is 4.13. The molecule has 0 saturated heterocycles. The Kier molecular flexibility index (Phi) is 6.11. The number of pyridine rings is 1. The van der Waals surface area contributed by atoms with Crippen LogP contribution in [0.5, 0.6) is 11.5 Å². The minimum atomic E-state index is -0.275. The highest BCUT2D eigenvalue weighted by atomic mass is 16.5. The lowest BCUT2D eigenvalue weighted by Gasteiger charge is -2.12. The molecule has 0 aliphatic rings. The Hall–Kier alpha value is -3.54. The van der Waals surface area contributed by atoms with Crippen molar-refractivity contribution in [1.82, 2.24) is 4.98 Å². The van der Waals surface area contributed by atoms with Gasteiger partial charge in [0.15, 0.2) is 18.1 Å². The number of hydrogen-bond donors (Lipinski definition) is 2. The zero-order valence-corrected chi connectivity index (χ0v) is 16.2. The zero-order valence-electron chi connectivity index (χ0n) is 16.2. The lowest BCUT2D eigenvalue weighted by atomic mass is 10.1. The second-order valence-electron chi connectivity index (χ2n) is 6.36. The van der Waals surface area contributed by atoms with Crippen LogP contribution in [0, 0.1) is 13.8 Å². The highest BCUT2D eigenvalue weighted by molar-refractivity contribution is 5.91. The van der Waals surface area contributed by atoms with Gasteiger partial charge in [-0.05, 0) is 55.3 Å². The molecule has 0 radical (unpaired) electrons. The van der Waals surface area contributed by atoms with E-state index in [4.69, 9.17) is 9.47 Å². The van der Waals surface area contributed by atoms with Crippen LogP contribution in [-0.4, -0.2) is 24.6 Å². The number of aromatic nitrogens is 1. The summed E-state index contributed by atoms with van der Waals surface area (Å²) >= 11 is 0. The van der Waals surface area contributed by atoms with Crippen molar-refractivity contribution < 1.29 is 14.3 Å². The molecule has 0 fully saturated rings. The molecule has 0 spiro atoms. The number of hydrogen-bond acceptors (Lipinski definition) is 5. The molecule has 2 aromatic carbocycles. The van der Waals surface area contributed by atoms with E-state index in [9.17, 15) is 4.79 Å². The number of amides is 1. The lowest BCUT2D eigenvalue weighted by Crippen LogP contribution is -2.20. The number of nitrogens with zero attached hydrogens (tertiary/aromatic N) is 1. The van der Waals surface area contributed by atoms with E-state index in [0.717, 1.165) is 11.3 Å². The number of rotatable bonds is 7. The van der Waals surface area contributed by atoms with Crippen LogP contribution in [0.4, 0.5) is 17.2 Å². The van der Waals surface area contributed by atoms with Crippen LogP contribution in [0.15, 0.2) is 60.8 Å². The molecule has 6 heteroatoms. The quantitative estimate of drug-likeness (QED) is 0.636. The predicted molar refractivity (Wildman–Crippen MR) is 111 cm³/mol. The molecular formula is C22H23N3O3. The number of benzene rings is 2. The first kappa shape index (κ1) is 19.2. The maximum Gasteiger partial charge on any atom is 0.262 e. The van der Waals surface area contributed by atoms with E-state index in [1.54, 1.807) is 31.5 Å². The van der Waals surface area contributed by atoms with Crippen LogP contribution in [0.3, 0.4) is 0 Å². The van der Waals surface area contributed by atoms with Gasteiger partial charge in [-0.2, -0.15) is 0 Å². The van der Waals surface area contributed by atoms with Gasteiger partial charge in [0, 0.05) is 5.69 Å². The molecule has 1 aromatic heterocycles.